The van der Waals surface area contributed by atoms with Gasteiger partial charge in [-0.25, -0.2) is 13.8 Å². The molecule has 0 radical (unpaired) electrons. The third-order valence-corrected chi connectivity index (χ3v) is 5.90. The standard InChI is InChI=1S/C25H18ClFN4O3/c1-14-7-8-15(2)21(11-14)31-24(32)17-5-3-4-6-20(17)30(25(31)33)13-22-28-23(29-34-22)16-9-10-18(26)19(27)12-16/h3-12H,13H2,1-2H3. The summed E-state index contributed by atoms with van der Waals surface area (Å²) in [5.41, 5.74) is 2.10. The van der Waals surface area contributed by atoms with Crippen LogP contribution in [0.15, 0.2) is 74.8 Å². The number of aryl methyl sites for hydroxylation is 2. The lowest BCUT2D eigenvalue weighted by molar-refractivity contribution is 0.370. The van der Waals surface area contributed by atoms with Crippen molar-refractivity contribution in [2.24, 2.45) is 0 Å². The summed E-state index contributed by atoms with van der Waals surface area (Å²) in [4.78, 5) is 31.2. The lowest BCUT2D eigenvalue weighted by Crippen LogP contribution is -2.39. The predicted octanol–water partition coefficient (Wildman–Crippen LogP) is 4.66. The fourth-order valence-electron chi connectivity index (χ4n) is 3.85. The Morgan fingerprint density at radius 2 is 1.82 bits per heavy atom. The third kappa shape index (κ3) is 3.72. The summed E-state index contributed by atoms with van der Waals surface area (Å²) in [7, 11) is 0. The molecule has 170 valence electrons. The molecular formula is C25H18ClFN4O3. The number of halogens is 2. The van der Waals surface area contributed by atoms with Gasteiger partial charge in [0.2, 0.25) is 11.7 Å². The van der Waals surface area contributed by atoms with Gasteiger partial charge in [-0.2, -0.15) is 4.98 Å². The van der Waals surface area contributed by atoms with Crippen LogP contribution in [0.1, 0.15) is 17.0 Å². The van der Waals surface area contributed by atoms with Crippen molar-refractivity contribution < 1.29 is 8.91 Å². The fraction of sp³-hybridized carbons (Fsp3) is 0.120. The summed E-state index contributed by atoms with van der Waals surface area (Å²) in [5, 5.41) is 4.27. The van der Waals surface area contributed by atoms with Crippen molar-refractivity contribution in [3.8, 4) is 17.1 Å². The summed E-state index contributed by atoms with van der Waals surface area (Å²) in [6, 6.07) is 16.6. The number of fused-ring (bicyclic) bond motifs is 1. The van der Waals surface area contributed by atoms with E-state index >= 15 is 0 Å². The van der Waals surface area contributed by atoms with Gasteiger partial charge in [-0.1, -0.05) is 41.0 Å². The number of nitrogens with zero attached hydrogens (tertiary/aromatic N) is 4. The zero-order valence-electron chi connectivity index (χ0n) is 18.3. The normalized spacial score (nSPS) is 11.3. The maximum Gasteiger partial charge on any atom is 0.336 e. The minimum Gasteiger partial charge on any atom is -0.337 e. The second-order valence-corrected chi connectivity index (χ2v) is 8.36. The maximum atomic E-state index is 13.9. The van der Waals surface area contributed by atoms with Crippen LogP contribution >= 0.6 is 11.6 Å². The smallest absolute Gasteiger partial charge is 0.336 e. The second-order valence-electron chi connectivity index (χ2n) is 7.96. The van der Waals surface area contributed by atoms with E-state index in [0.29, 0.717) is 22.2 Å². The highest BCUT2D eigenvalue weighted by atomic mass is 35.5. The summed E-state index contributed by atoms with van der Waals surface area (Å²) >= 11 is 5.75. The molecule has 2 heterocycles. The zero-order chi connectivity index (χ0) is 24.0. The van der Waals surface area contributed by atoms with E-state index in [1.165, 1.54) is 16.7 Å². The molecule has 0 aliphatic rings. The van der Waals surface area contributed by atoms with Crippen molar-refractivity contribution in [1.82, 2.24) is 19.3 Å². The number of rotatable bonds is 4. The first kappa shape index (κ1) is 21.8. The van der Waals surface area contributed by atoms with Crippen molar-refractivity contribution in [3.63, 3.8) is 0 Å². The van der Waals surface area contributed by atoms with Crippen molar-refractivity contribution in [1.29, 1.82) is 0 Å². The Morgan fingerprint density at radius 1 is 1.03 bits per heavy atom. The van der Waals surface area contributed by atoms with E-state index in [2.05, 4.69) is 10.1 Å². The molecule has 0 amide bonds. The highest BCUT2D eigenvalue weighted by molar-refractivity contribution is 6.30. The van der Waals surface area contributed by atoms with Gasteiger partial charge in [0.25, 0.3) is 5.56 Å². The molecule has 5 aromatic rings. The Bertz CT molecular complexity index is 1690. The zero-order valence-corrected chi connectivity index (χ0v) is 19.0. The maximum absolute atomic E-state index is 13.9. The van der Waals surface area contributed by atoms with E-state index in [0.717, 1.165) is 15.7 Å². The van der Waals surface area contributed by atoms with Gasteiger partial charge in [0, 0.05) is 5.56 Å². The van der Waals surface area contributed by atoms with Gasteiger partial charge in [0.1, 0.15) is 12.4 Å². The van der Waals surface area contributed by atoms with Gasteiger partial charge in [0.05, 0.1) is 21.6 Å². The molecule has 0 atom stereocenters. The average molecular weight is 477 g/mol. The van der Waals surface area contributed by atoms with Gasteiger partial charge < -0.3 is 4.52 Å². The van der Waals surface area contributed by atoms with E-state index in [-0.39, 0.29) is 23.3 Å². The van der Waals surface area contributed by atoms with E-state index in [1.54, 1.807) is 36.4 Å². The van der Waals surface area contributed by atoms with E-state index in [9.17, 15) is 14.0 Å². The fourth-order valence-corrected chi connectivity index (χ4v) is 3.97. The number of para-hydroxylation sites is 1. The van der Waals surface area contributed by atoms with E-state index in [4.69, 9.17) is 16.1 Å². The molecule has 0 spiro atoms. The molecule has 0 unspecified atom stereocenters. The van der Waals surface area contributed by atoms with Gasteiger partial charge in [-0.15, -0.1) is 0 Å². The number of aromatic nitrogens is 4. The van der Waals surface area contributed by atoms with Crippen LogP contribution in [0.4, 0.5) is 4.39 Å². The van der Waals surface area contributed by atoms with Crippen LogP contribution in [-0.2, 0) is 6.54 Å². The lowest BCUT2D eigenvalue weighted by Gasteiger charge is -2.14. The van der Waals surface area contributed by atoms with Gasteiger partial charge in [-0.3, -0.25) is 9.36 Å². The molecule has 2 aromatic heterocycles. The Hall–Kier alpha value is -4.04. The Labute approximate surface area is 197 Å². The topological polar surface area (TPSA) is 82.9 Å². The summed E-state index contributed by atoms with van der Waals surface area (Å²) in [6.45, 7) is 3.66. The van der Waals surface area contributed by atoms with Crippen LogP contribution in [-0.4, -0.2) is 19.3 Å². The molecule has 34 heavy (non-hydrogen) atoms. The second kappa shape index (κ2) is 8.39. The number of hydrogen-bond donors (Lipinski definition) is 0. The van der Waals surface area contributed by atoms with E-state index in [1.807, 2.05) is 26.0 Å². The van der Waals surface area contributed by atoms with Crippen LogP contribution in [0, 0.1) is 19.7 Å². The minimum absolute atomic E-state index is 0.0146. The molecule has 0 aliphatic carbocycles. The quantitative estimate of drug-likeness (QED) is 0.377. The third-order valence-electron chi connectivity index (χ3n) is 5.60. The first-order valence-corrected chi connectivity index (χ1v) is 10.8. The molecule has 0 saturated carbocycles. The number of hydrogen-bond acceptors (Lipinski definition) is 5. The van der Waals surface area contributed by atoms with Crippen molar-refractivity contribution in [2.75, 3.05) is 0 Å². The molecule has 0 saturated heterocycles. The summed E-state index contributed by atoms with van der Waals surface area (Å²) in [5.74, 6) is -0.317. The predicted molar refractivity (Wildman–Crippen MR) is 127 cm³/mol. The SMILES string of the molecule is Cc1ccc(C)c(-n2c(=O)c3ccccc3n(Cc3nc(-c4ccc(Cl)c(F)c4)no3)c2=O)c1. The van der Waals surface area contributed by atoms with Gasteiger partial charge in [0.15, 0.2) is 0 Å². The van der Waals surface area contributed by atoms with Crippen molar-refractivity contribution >= 4 is 22.5 Å². The Kier molecular flexibility index (Phi) is 5.37. The first-order chi connectivity index (χ1) is 16.3. The van der Waals surface area contributed by atoms with E-state index < -0.39 is 17.1 Å². The summed E-state index contributed by atoms with van der Waals surface area (Å²) in [6.07, 6.45) is 0. The van der Waals surface area contributed by atoms with Crippen LogP contribution in [0.5, 0.6) is 0 Å². The largest absolute Gasteiger partial charge is 0.337 e. The highest BCUT2D eigenvalue weighted by Gasteiger charge is 2.18. The Balaban J connectivity index is 1.67. The molecule has 3 aromatic carbocycles. The number of benzene rings is 3. The molecule has 5 rings (SSSR count). The van der Waals surface area contributed by atoms with Crippen molar-refractivity contribution in [3.05, 3.63) is 109 Å². The minimum atomic E-state index is -0.603. The van der Waals surface area contributed by atoms with Crippen LogP contribution < -0.4 is 11.2 Å². The Morgan fingerprint density at radius 3 is 2.62 bits per heavy atom. The van der Waals surface area contributed by atoms with Crippen LogP contribution in [0.25, 0.3) is 28.0 Å². The average Bonchev–Trinajstić information content (AvgIpc) is 3.29. The van der Waals surface area contributed by atoms with Crippen LogP contribution in [0.3, 0.4) is 0 Å². The van der Waals surface area contributed by atoms with Crippen LogP contribution in [0.2, 0.25) is 5.02 Å². The summed E-state index contributed by atoms with van der Waals surface area (Å²) < 4.78 is 21.8. The monoisotopic (exact) mass is 476 g/mol. The molecule has 0 bridgehead atoms. The van der Waals surface area contributed by atoms with Gasteiger partial charge in [-0.05, 0) is 61.4 Å². The molecule has 0 fully saturated rings. The van der Waals surface area contributed by atoms with Gasteiger partial charge >= 0.3 is 5.69 Å². The molecule has 9 heteroatoms. The molecule has 0 aliphatic heterocycles. The molecular weight excluding hydrogens is 459 g/mol. The first-order valence-electron chi connectivity index (χ1n) is 10.4. The van der Waals surface area contributed by atoms with Crippen molar-refractivity contribution in [2.45, 2.75) is 20.4 Å². The molecule has 0 N–H and O–H groups in total. The highest BCUT2D eigenvalue weighted by Crippen LogP contribution is 2.22. The lowest BCUT2D eigenvalue weighted by atomic mass is 10.1. The molecule has 7 nitrogen and oxygen atoms in total.